The first kappa shape index (κ1) is 13.9. The molecular formula is C11H21N3O3. The van der Waals surface area contributed by atoms with E-state index in [1.54, 1.807) is 0 Å². The van der Waals surface area contributed by atoms with E-state index in [1.807, 2.05) is 0 Å². The summed E-state index contributed by atoms with van der Waals surface area (Å²) in [6, 6.07) is -0.606. The molecule has 1 aliphatic heterocycles. The van der Waals surface area contributed by atoms with Crippen LogP contribution < -0.4 is 11.5 Å². The summed E-state index contributed by atoms with van der Waals surface area (Å²) in [5, 5.41) is 0. The maximum atomic E-state index is 11.9. The molecule has 0 bridgehead atoms. The average Bonchev–Trinajstić information content (AvgIpc) is 2.34. The highest BCUT2D eigenvalue weighted by molar-refractivity contribution is 5.86. The van der Waals surface area contributed by atoms with Crippen molar-refractivity contribution in [2.45, 2.75) is 31.7 Å². The molecule has 6 nitrogen and oxygen atoms in total. The van der Waals surface area contributed by atoms with E-state index in [2.05, 4.69) is 0 Å². The van der Waals surface area contributed by atoms with E-state index in [9.17, 15) is 9.59 Å². The predicted molar refractivity (Wildman–Crippen MR) is 63.0 cm³/mol. The Bertz CT molecular complexity index is 271. The van der Waals surface area contributed by atoms with Gasteiger partial charge >= 0.3 is 0 Å². The highest BCUT2D eigenvalue weighted by Gasteiger charge is 2.30. The third kappa shape index (κ3) is 4.32. The predicted octanol–water partition coefficient (Wildman–Crippen LogP) is -0.782. The number of hydrogen-bond donors (Lipinski definition) is 2. The molecule has 1 unspecified atom stereocenters. The molecule has 0 saturated carbocycles. The zero-order chi connectivity index (χ0) is 12.7. The number of carbonyl (C=O) groups excluding carboxylic acids is 2. The molecule has 1 saturated heterocycles. The summed E-state index contributed by atoms with van der Waals surface area (Å²) in [7, 11) is 0. The largest absolute Gasteiger partial charge is 0.377 e. The summed E-state index contributed by atoms with van der Waals surface area (Å²) in [5.74, 6) is -0.519. The van der Waals surface area contributed by atoms with Gasteiger partial charge < -0.3 is 21.1 Å². The van der Waals surface area contributed by atoms with Crippen LogP contribution in [0.4, 0.5) is 0 Å². The lowest BCUT2D eigenvalue weighted by molar-refractivity contribution is -0.147. The molecule has 0 radical (unpaired) electrons. The van der Waals surface area contributed by atoms with E-state index in [0.717, 1.165) is 19.3 Å². The number of hydrogen-bond acceptors (Lipinski definition) is 4. The molecule has 0 aromatic carbocycles. The number of rotatable bonds is 6. The topological polar surface area (TPSA) is 98.7 Å². The first-order valence-corrected chi connectivity index (χ1v) is 6.03. The third-order valence-corrected chi connectivity index (χ3v) is 2.87. The fourth-order valence-corrected chi connectivity index (χ4v) is 1.88. The summed E-state index contributed by atoms with van der Waals surface area (Å²) in [6.45, 7) is 1.78. The molecule has 0 aliphatic carbocycles. The number of morpholine rings is 1. The van der Waals surface area contributed by atoms with Crippen molar-refractivity contribution in [2.75, 3.05) is 26.3 Å². The molecule has 6 heteroatoms. The second-order valence-corrected chi connectivity index (χ2v) is 4.18. The van der Waals surface area contributed by atoms with Crippen molar-refractivity contribution in [3.8, 4) is 0 Å². The summed E-state index contributed by atoms with van der Waals surface area (Å²) >= 11 is 0. The van der Waals surface area contributed by atoms with Crippen LogP contribution in [0.3, 0.4) is 0 Å². The molecule has 1 aliphatic rings. The van der Waals surface area contributed by atoms with Crippen molar-refractivity contribution >= 4 is 11.8 Å². The Kier molecular flexibility index (Phi) is 5.93. The Balaban J connectivity index is 2.39. The zero-order valence-electron chi connectivity index (χ0n) is 10.1. The van der Waals surface area contributed by atoms with Gasteiger partial charge in [-0.1, -0.05) is 6.42 Å². The minimum absolute atomic E-state index is 0.0193. The van der Waals surface area contributed by atoms with Crippen molar-refractivity contribution in [2.24, 2.45) is 11.5 Å². The van der Waals surface area contributed by atoms with Gasteiger partial charge in [0.15, 0.2) is 0 Å². The average molecular weight is 243 g/mol. The number of nitrogens with two attached hydrogens (primary N) is 2. The van der Waals surface area contributed by atoms with Gasteiger partial charge in [0, 0.05) is 13.0 Å². The fraction of sp³-hybridized carbons (Fsp3) is 0.818. The van der Waals surface area contributed by atoms with Crippen LogP contribution in [0.1, 0.15) is 25.7 Å². The lowest BCUT2D eigenvalue weighted by atomic mass is 10.1. The smallest absolute Gasteiger partial charge is 0.242 e. The molecule has 2 amide bonds. The van der Waals surface area contributed by atoms with Crippen molar-refractivity contribution < 1.29 is 14.3 Å². The summed E-state index contributed by atoms with van der Waals surface area (Å²) in [4.78, 5) is 24.6. The fourth-order valence-electron chi connectivity index (χ4n) is 1.88. The van der Waals surface area contributed by atoms with E-state index in [4.69, 9.17) is 16.2 Å². The van der Waals surface area contributed by atoms with E-state index in [-0.39, 0.29) is 12.5 Å². The third-order valence-electron chi connectivity index (χ3n) is 2.87. The van der Waals surface area contributed by atoms with Crippen LogP contribution in [0.2, 0.25) is 0 Å². The van der Waals surface area contributed by atoms with Crippen LogP contribution in [-0.4, -0.2) is 49.1 Å². The Morgan fingerprint density at radius 3 is 2.71 bits per heavy atom. The number of ether oxygens (including phenoxy) is 1. The Morgan fingerprint density at radius 1 is 1.29 bits per heavy atom. The SMILES string of the molecule is NCCCCCC(=O)N1CCOCC1C(N)=O. The van der Waals surface area contributed by atoms with E-state index in [0.29, 0.717) is 26.1 Å². The number of carbonyl (C=O) groups is 2. The van der Waals surface area contributed by atoms with Crippen LogP contribution in [0, 0.1) is 0 Å². The van der Waals surface area contributed by atoms with Crippen LogP contribution in [0.15, 0.2) is 0 Å². The molecule has 1 heterocycles. The molecule has 98 valence electrons. The Morgan fingerprint density at radius 2 is 2.06 bits per heavy atom. The van der Waals surface area contributed by atoms with Gasteiger partial charge in [0.25, 0.3) is 0 Å². The van der Waals surface area contributed by atoms with Crippen LogP contribution in [0.25, 0.3) is 0 Å². The second-order valence-electron chi connectivity index (χ2n) is 4.18. The minimum Gasteiger partial charge on any atom is -0.377 e. The number of nitrogens with zero attached hydrogens (tertiary/aromatic N) is 1. The Labute approximate surface area is 101 Å². The Hall–Kier alpha value is -1.14. The van der Waals surface area contributed by atoms with Crippen LogP contribution in [-0.2, 0) is 14.3 Å². The van der Waals surface area contributed by atoms with Gasteiger partial charge in [-0.15, -0.1) is 0 Å². The van der Waals surface area contributed by atoms with E-state index < -0.39 is 11.9 Å². The van der Waals surface area contributed by atoms with Gasteiger partial charge in [0.2, 0.25) is 11.8 Å². The lowest BCUT2D eigenvalue weighted by Crippen LogP contribution is -2.54. The summed E-state index contributed by atoms with van der Waals surface area (Å²) in [5.41, 5.74) is 10.6. The van der Waals surface area contributed by atoms with E-state index >= 15 is 0 Å². The van der Waals surface area contributed by atoms with Crippen molar-refractivity contribution in [3.63, 3.8) is 0 Å². The first-order chi connectivity index (χ1) is 8.16. The van der Waals surface area contributed by atoms with Gasteiger partial charge in [-0.05, 0) is 19.4 Å². The highest BCUT2D eigenvalue weighted by Crippen LogP contribution is 2.10. The normalized spacial score (nSPS) is 20.3. The molecule has 0 spiro atoms. The highest BCUT2D eigenvalue weighted by atomic mass is 16.5. The molecule has 1 rings (SSSR count). The van der Waals surface area contributed by atoms with Gasteiger partial charge in [0.1, 0.15) is 6.04 Å². The van der Waals surface area contributed by atoms with Gasteiger partial charge in [0.05, 0.1) is 13.2 Å². The maximum Gasteiger partial charge on any atom is 0.242 e. The number of primary amides is 1. The summed E-state index contributed by atoms with van der Waals surface area (Å²) < 4.78 is 5.16. The van der Waals surface area contributed by atoms with Gasteiger partial charge in [-0.25, -0.2) is 0 Å². The van der Waals surface area contributed by atoms with Crippen LogP contribution in [0.5, 0.6) is 0 Å². The quantitative estimate of drug-likeness (QED) is 0.598. The monoisotopic (exact) mass is 243 g/mol. The second kappa shape index (κ2) is 7.24. The van der Waals surface area contributed by atoms with Crippen molar-refractivity contribution in [1.29, 1.82) is 0 Å². The molecule has 0 aromatic rings. The number of unbranched alkanes of at least 4 members (excludes halogenated alkanes) is 2. The maximum absolute atomic E-state index is 11.9. The lowest BCUT2D eigenvalue weighted by Gasteiger charge is -2.33. The molecule has 1 atom stereocenters. The molecular weight excluding hydrogens is 222 g/mol. The first-order valence-electron chi connectivity index (χ1n) is 6.03. The van der Waals surface area contributed by atoms with Gasteiger partial charge in [-0.2, -0.15) is 0 Å². The number of amides is 2. The molecule has 0 aromatic heterocycles. The van der Waals surface area contributed by atoms with E-state index in [1.165, 1.54) is 4.90 Å². The zero-order valence-corrected chi connectivity index (χ0v) is 10.1. The molecule has 17 heavy (non-hydrogen) atoms. The molecule has 1 fully saturated rings. The van der Waals surface area contributed by atoms with Crippen molar-refractivity contribution in [3.05, 3.63) is 0 Å². The minimum atomic E-state index is -0.606. The van der Waals surface area contributed by atoms with Crippen molar-refractivity contribution in [1.82, 2.24) is 4.90 Å². The molecule has 4 N–H and O–H groups in total. The van der Waals surface area contributed by atoms with Crippen LogP contribution >= 0.6 is 0 Å². The standard InChI is InChI=1S/C11H21N3O3/c12-5-3-1-2-4-10(15)14-6-7-17-8-9(14)11(13)16/h9H,1-8,12H2,(H2,13,16). The summed E-state index contributed by atoms with van der Waals surface area (Å²) in [6.07, 6.45) is 3.12. The van der Waals surface area contributed by atoms with Gasteiger partial charge in [-0.3, -0.25) is 9.59 Å².